The Balaban J connectivity index is 0.00000225. The summed E-state index contributed by atoms with van der Waals surface area (Å²) in [5.74, 6) is -2.07. The van der Waals surface area contributed by atoms with Crippen molar-refractivity contribution in [1.82, 2.24) is 20.8 Å². The molecule has 0 radical (unpaired) electrons. The molecule has 1 aliphatic rings. The number of aryl methyl sites for hydroxylation is 1. The third-order valence-corrected chi connectivity index (χ3v) is 4.41. The van der Waals surface area contributed by atoms with Crippen molar-refractivity contribution in [2.75, 3.05) is 13.1 Å². The quantitative estimate of drug-likeness (QED) is 0.774. The number of hydrogen-bond acceptors (Lipinski definition) is 3. The van der Waals surface area contributed by atoms with Gasteiger partial charge in [-0.1, -0.05) is 13.0 Å². The van der Waals surface area contributed by atoms with Gasteiger partial charge >= 0.3 is 0 Å². The summed E-state index contributed by atoms with van der Waals surface area (Å²) in [4.78, 5) is 12.4. The number of nitrogens with zero attached hydrogens (tertiary/aromatic N) is 1. The average Bonchev–Trinajstić information content (AvgIpc) is 3.07. The second kappa shape index (κ2) is 8.40. The van der Waals surface area contributed by atoms with Gasteiger partial charge in [-0.2, -0.15) is 5.10 Å². The lowest BCUT2D eigenvalue weighted by Gasteiger charge is -2.33. The van der Waals surface area contributed by atoms with Crippen LogP contribution in [0.25, 0.3) is 0 Å². The first-order chi connectivity index (χ1) is 11.6. The summed E-state index contributed by atoms with van der Waals surface area (Å²) < 4.78 is 26.7. The van der Waals surface area contributed by atoms with Gasteiger partial charge in [-0.3, -0.25) is 9.89 Å². The molecule has 1 aromatic carbocycles. The molecule has 1 fully saturated rings. The number of rotatable bonds is 4. The van der Waals surface area contributed by atoms with Gasteiger partial charge in [0, 0.05) is 24.2 Å². The number of carbonyl (C=O) groups excluding carboxylic acids is 1. The van der Waals surface area contributed by atoms with Crippen LogP contribution in [0.1, 0.15) is 41.0 Å². The first-order valence-electron chi connectivity index (χ1n) is 8.09. The zero-order valence-corrected chi connectivity index (χ0v) is 14.6. The molecule has 1 aliphatic heterocycles. The molecule has 25 heavy (non-hydrogen) atoms. The highest BCUT2D eigenvalue weighted by Crippen LogP contribution is 2.27. The molecule has 1 saturated heterocycles. The van der Waals surface area contributed by atoms with Crippen LogP contribution < -0.4 is 10.6 Å². The molecule has 2 unspecified atom stereocenters. The van der Waals surface area contributed by atoms with Crippen molar-refractivity contribution in [2.45, 2.75) is 31.7 Å². The third kappa shape index (κ3) is 4.35. The van der Waals surface area contributed by atoms with E-state index in [2.05, 4.69) is 20.8 Å². The fourth-order valence-corrected chi connectivity index (χ4v) is 3.05. The van der Waals surface area contributed by atoms with Gasteiger partial charge in [-0.05, 0) is 43.1 Å². The molecule has 3 N–H and O–H groups in total. The number of nitrogens with one attached hydrogen (secondary N) is 3. The molecule has 0 saturated carbocycles. The van der Waals surface area contributed by atoms with Crippen LogP contribution in [0, 0.1) is 11.6 Å². The molecule has 136 valence electrons. The second-order valence-corrected chi connectivity index (χ2v) is 5.98. The van der Waals surface area contributed by atoms with Gasteiger partial charge < -0.3 is 10.6 Å². The Morgan fingerprint density at radius 1 is 1.32 bits per heavy atom. The largest absolute Gasteiger partial charge is 0.346 e. The fraction of sp³-hybridized carbons (Fsp3) is 0.412. The Kier molecular flexibility index (Phi) is 6.50. The van der Waals surface area contributed by atoms with Gasteiger partial charge in [0.1, 0.15) is 5.69 Å². The molecular formula is C17H21ClF2N4O. The minimum Gasteiger partial charge on any atom is -0.346 e. The van der Waals surface area contributed by atoms with Crippen molar-refractivity contribution in [3.05, 3.63) is 52.9 Å². The molecule has 0 bridgehead atoms. The number of benzene rings is 1. The normalized spacial score (nSPS) is 20.0. The number of aromatic amines is 1. The number of aromatic nitrogens is 2. The van der Waals surface area contributed by atoms with Crippen molar-refractivity contribution in [3.63, 3.8) is 0 Å². The fourth-order valence-electron chi connectivity index (χ4n) is 3.05. The molecule has 1 aromatic heterocycles. The summed E-state index contributed by atoms with van der Waals surface area (Å²) in [6.45, 7) is 3.30. The van der Waals surface area contributed by atoms with E-state index in [4.69, 9.17) is 0 Å². The first-order valence-corrected chi connectivity index (χ1v) is 8.09. The smallest absolute Gasteiger partial charge is 0.272 e. The number of halogens is 3. The summed E-state index contributed by atoms with van der Waals surface area (Å²) in [7, 11) is 0. The van der Waals surface area contributed by atoms with Crippen molar-refractivity contribution in [1.29, 1.82) is 0 Å². The standard InChI is InChI=1S/C17H20F2N4O.ClH/c1-2-11-8-15(23-22-11)17(24)21-16-9-20-6-5-12(16)10-3-4-13(18)14(19)7-10;/h3-4,7-8,12,16,20H,2,5-6,9H2,1H3,(H,21,24)(H,22,23);1H. The van der Waals surface area contributed by atoms with Crippen molar-refractivity contribution in [3.8, 4) is 0 Å². The van der Waals surface area contributed by atoms with Crippen LogP contribution >= 0.6 is 12.4 Å². The highest BCUT2D eigenvalue weighted by molar-refractivity contribution is 5.92. The minimum absolute atomic E-state index is 0. The zero-order chi connectivity index (χ0) is 17.1. The van der Waals surface area contributed by atoms with E-state index in [1.165, 1.54) is 6.07 Å². The van der Waals surface area contributed by atoms with Gasteiger partial charge in [0.15, 0.2) is 11.6 Å². The van der Waals surface area contributed by atoms with E-state index in [0.29, 0.717) is 17.8 Å². The number of carbonyl (C=O) groups is 1. The maximum atomic E-state index is 13.5. The molecule has 2 aromatic rings. The predicted molar refractivity (Wildman–Crippen MR) is 93.1 cm³/mol. The monoisotopic (exact) mass is 370 g/mol. The number of amides is 1. The van der Waals surface area contributed by atoms with E-state index < -0.39 is 11.6 Å². The van der Waals surface area contributed by atoms with Crippen molar-refractivity contribution >= 4 is 18.3 Å². The van der Waals surface area contributed by atoms with Crippen LogP contribution in [0.3, 0.4) is 0 Å². The summed E-state index contributed by atoms with van der Waals surface area (Å²) in [6.07, 6.45) is 1.50. The zero-order valence-electron chi connectivity index (χ0n) is 13.8. The van der Waals surface area contributed by atoms with Crippen LogP contribution in [0.5, 0.6) is 0 Å². The van der Waals surface area contributed by atoms with Crippen LogP contribution in [0.2, 0.25) is 0 Å². The summed E-state index contributed by atoms with van der Waals surface area (Å²) in [5.41, 5.74) is 1.91. The van der Waals surface area contributed by atoms with Crippen LogP contribution in [0.4, 0.5) is 8.78 Å². The minimum atomic E-state index is -0.865. The van der Waals surface area contributed by atoms with Gasteiger partial charge in [0.2, 0.25) is 0 Å². The van der Waals surface area contributed by atoms with Gasteiger partial charge in [-0.15, -0.1) is 12.4 Å². The Labute approximate surface area is 151 Å². The molecule has 3 rings (SSSR count). The lowest BCUT2D eigenvalue weighted by Crippen LogP contribution is -2.50. The Bertz CT molecular complexity index is 737. The Hall–Kier alpha value is -1.99. The number of hydrogen-bond donors (Lipinski definition) is 3. The van der Waals surface area contributed by atoms with E-state index >= 15 is 0 Å². The molecular weight excluding hydrogens is 350 g/mol. The van der Waals surface area contributed by atoms with E-state index in [1.807, 2.05) is 6.92 Å². The molecule has 0 aliphatic carbocycles. The number of H-pyrrole nitrogens is 1. The van der Waals surface area contributed by atoms with Gasteiger partial charge in [-0.25, -0.2) is 8.78 Å². The summed E-state index contributed by atoms with van der Waals surface area (Å²) in [5, 5.41) is 13.0. The number of piperidine rings is 1. The highest BCUT2D eigenvalue weighted by atomic mass is 35.5. The third-order valence-electron chi connectivity index (χ3n) is 4.41. The van der Waals surface area contributed by atoms with Gasteiger partial charge in [0.25, 0.3) is 5.91 Å². The maximum absolute atomic E-state index is 13.5. The summed E-state index contributed by atoms with van der Waals surface area (Å²) in [6, 6.07) is 5.44. The predicted octanol–water partition coefficient (Wildman–Crippen LogP) is 2.55. The Morgan fingerprint density at radius 3 is 2.80 bits per heavy atom. The highest BCUT2D eigenvalue weighted by Gasteiger charge is 2.29. The molecule has 5 nitrogen and oxygen atoms in total. The van der Waals surface area contributed by atoms with E-state index in [9.17, 15) is 13.6 Å². The van der Waals surface area contributed by atoms with Gasteiger partial charge in [0.05, 0.1) is 0 Å². The van der Waals surface area contributed by atoms with Crippen molar-refractivity contribution < 1.29 is 13.6 Å². The molecule has 2 atom stereocenters. The van der Waals surface area contributed by atoms with E-state index in [1.54, 1.807) is 12.1 Å². The lowest BCUT2D eigenvalue weighted by molar-refractivity contribution is 0.0919. The topological polar surface area (TPSA) is 69.8 Å². The molecule has 0 spiro atoms. The average molecular weight is 371 g/mol. The summed E-state index contributed by atoms with van der Waals surface area (Å²) >= 11 is 0. The van der Waals surface area contributed by atoms with Crippen molar-refractivity contribution in [2.24, 2.45) is 0 Å². The van der Waals surface area contributed by atoms with E-state index in [-0.39, 0.29) is 30.3 Å². The molecule has 2 heterocycles. The van der Waals surface area contributed by atoms with E-state index in [0.717, 1.165) is 31.1 Å². The molecule has 8 heteroatoms. The first kappa shape index (κ1) is 19.3. The van der Waals surface area contributed by atoms with Crippen LogP contribution in [-0.4, -0.2) is 35.2 Å². The second-order valence-electron chi connectivity index (χ2n) is 5.98. The lowest BCUT2D eigenvalue weighted by atomic mass is 9.86. The SMILES string of the molecule is CCc1cc(C(=O)NC2CNCCC2c2ccc(F)c(F)c2)n[nH]1.Cl. The Morgan fingerprint density at radius 2 is 2.12 bits per heavy atom. The van der Waals surface area contributed by atoms with Crippen LogP contribution in [-0.2, 0) is 6.42 Å². The van der Waals surface area contributed by atoms with Crippen LogP contribution in [0.15, 0.2) is 24.3 Å². The maximum Gasteiger partial charge on any atom is 0.272 e. The molecule has 1 amide bonds.